The second-order valence-electron chi connectivity index (χ2n) is 7.42. The fourth-order valence-electron chi connectivity index (χ4n) is 3.90. The topological polar surface area (TPSA) is 62.2 Å². The first kappa shape index (κ1) is 18.0. The number of piperidine rings is 1. The molecule has 2 saturated heterocycles. The predicted molar refractivity (Wildman–Crippen MR) is 97.3 cm³/mol. The molecule has 0 aromatic heterocycles. The number of hydroxylamine groups is 2. The van der Waals surface area contributed by atoms with Crippen LogP contribution in [0.4, 0.5) is 0 Å². The highest BCUT2D eigenvalue weighted by Gasteiger charge is 2.35. The zero-order valence-corrected chi connectivity index (χ0v) is 15.5. The average Bonchev–Trinajstić information content (AvgIpc) is 3.04. The lowest BCUT2D eigenvalue weighted by Gasteiger charge is -2.44. The highest BCUT2D eigenvalue weighted by atomic mass is 35.5. The Morgan fingerprint density at radius 2 is 2.00 bits per heavy atom. The van der Waals surface area contributed by atoms with Gasteiger partial charge in [0.2, 0.25) is 0 Å². The molecule has 0 bridgehead atoms. The van der Waals surface area contributed by atoms with Crippen molar-refractivity contribution in [2.24, 2.45) is 0 Å². The van der Waals surface area contributed by atoms with Crippen LogP contribution in [0.2, 0.25) is 5.02 Å². The van der Waals surface area contributed by atoms with E-state index in [1.807, 2.05) is 0 Å². The van der Waals surface area contributed by atoms with Gasteiger partial charge in [0.25, 0.3) is 5.91 Å². The van der Waals surface area contributed by atoms with E-state index in [1.165, 1.54) is 32.4 Å². The molecule has 1 N–H and O–H groups in total. The molecule has 1 aromatic carbocycles. The van der Waals surface area contributed by atoms with Crippen LogP contribution in [0, 0.1) is 0 Å². The number of aliphatic hydroxyl groups excluding tert-OH is 1. The molecule has 1 amide bonds. The number of carbonyl (C=O) groups is 1. The van der Waals surface area contributed by atoms with Crippen molar-refractivity contribution in [3.63, 3.8) is 0 Å². The third-order valence-electron chi connectivity index (χ3n) is 5.48. The number of halogens is 1. The Morgan fingerprint density at radius 3 is 2.65 bits per heavy atom. The summed E-state index contributed by atoms with van der Waals surface area (Å²) in [4.78, 5) is 20.1. The van der Waals surface area contributed by atoms with Gasteiger partial charge in [-0.25, -0.2) is 5.06 Å². The summed E-state index contributed by atoms with van der Waals surface area (Å²) < 4.78 is 6.02. The molecular formula is C19H25ClN2O4. The Kier molecular flexibility index (Phi) is 5.36. The van der Waals surface area contributed by atoms with Crippen molar-refractivity contribution >= 4 is 17.5 Å². The maximum Gasteiger partial charge on any atom is 0.279 e. The van der Waals surface area contributed by atoms with Crippen molar-refractivity contribution in [2.75, 3.05) is 26.2 Å². The maximum absolute atomic E-state index is 12.4. The molecule has 0 radical (unpaired) electrons. The Labute approximate surface area is 158 Å². The van der Waals surface area contributed by atoms with Crippen LogP contribution in [0.25, 0.3) is 0 Å². The summed E-state index contributed by atoms with van der Waals surface area (Å²) in [6.07, 6.45) is 5.66. The molecule has 1 atom stereocenters. The summed E-state index contributed by atoms with van der Waals surface area (Å²) >= 11 is 6.28. The first-order valence-electron chi connectivity index (χ1n) is 9.43. The van der Waals surface area contributed by atoms with Crippen LogP contribution in [-0.4, -0.2) is 65.5 Å². The second-order valence-corrected chi connectivity index (χ2v) is 7.83. The van der Waals surface area contributed by atoms with Crippen LogP contribution in [0.3, 0.4) is 0 Å². The predicted octanol–water partition coefficient (Wildman–Crippen LogP) is 2.48. The zero-order chi connectivity index (χ0) is 18.1. The lowest BCUT2D eigenvalue weighted by molar-refractivity contribution is -0.0779. The van der Waals surface area contributed by atoms with Gasteiger partial charge in [-0.15, -0.1) is 0 Å². The third-order valence-corrected chi connectivity index (χ3v) is 5.79. The van der Waals surface area contributed by atoms with Crippen molar-refractivity contribution in [2.45, 2.75) is 50.4 Å². The van der Waals surface area contributed by atoms with Gasteiger partial charge in [-0.2, -0.15) is 0 Å². The first-order chi connectivity index (χ1) is 12.6. The zero-order valence-electron chi connectivity index (χ0n) is 14.8. The van der Waals surface area contributed by atoms with Gasteiger partial charge in [0.15, 0.2) is 0 Å². The minimum Gasteiger partial charge on any atom is -0.490 e. The number of aliphatic hydroxyl groups is 1. The van der Waals surface area contributed by atoms with Crippen LogP contribution in [0.1, 0.15) is 42.5 Å². The van der Waals surface area contributed by atoms with E-state index in [0.29, 0.717) is 22.4 Å². The van der Waals surface area contributed by atoms with Gasteiger partial charge in [-0.1, -0.05) is 18.0 Å². The Morgan fingerprint density at radius 1 is 1.23 bits per heavy atom. The molecule has 1 unspecified atom stereocenters. The van der Waals surface area contributed by atoms with E-state index < -0.39 is 6.10 Å². The van der Waals surface area contributed by atoms with Gasteiger partial charge in [0, 0.05) is 18.9 Å². The van der Waals surface area contributed by atoms with Crippen molar-refractivity contribution in [3.8, 4) is 5.75 Å². The molecule has 142 valence electrons. The number of β-amino-alcohol motifs (C(OH)–C–C–N with tert-alkyl or cyclic N) is 1. The van der Waals surface area contributed by atoms with Gasteiger partial charge < -0.3 is 14.7 Å². The van der Waals surface area contributed by atoms with Gasteiger partial charge in [-0.3, -0.25) is 9.63 Å². The molecule has 2 aliphatic heterocycles. The van der Waals surface area contributed by atoms with E-state index in [9.17, 15) is 9.90 Å². The van der Waals surface area contributed by atoms with Crippen LogP contribution >= 0.6 is 11.6 Å². The fraction of sp³-hybridized carbons (Fsp3) is 0.632. The van der Waals surface area contributed by atoms with Crippen LogP contribution in [0.5, 0.6) is 5.75 Å². The number of rotatable bonds is 4. The van der Waals surface area contributed by atoms with Crippen molar-refractivity contribution in [3.05, 3.63) is 28.8 Å². The number of benzene rings is 1. The summed E-state index contributed by atoms with van der Waals surface area (Å²) in [7, 11) is 0. The minimum atomic E-state index is -0.646. The molecule has 0 spiro atoms. The van der Waals surface area contributed by atoms with Crippen LogP contribution in [-0.2, 0) is 4.84 Å². The summed E-state index contributed by atoms with van der Waals surface area (Å²) in [5, 5.41) is 11.0. The molecule has 26 heavy (non-hydrogen) atoms. The van der Waals surface area contributed by atoms with E-state index in [2.05, 4.69) is 4.90 Å². The van der Waals surface area contributed by atoms with Crippen LogP contribution in [0.15, 0.2) is 18.2 Å². The van der Waals surface area contributed by atoms with Gasteiger partial charge >= 0.3 is 0 Å². The molecule has 6 nitrogen and oxygen atoms in total. The summed E-state index contributed by atoms with van der Waals surface area (Å²) in [6.45, 7) is 2.72. The quantitative estimate of drug-likeness (QED) is 0.869. The third kappa shape index (κ3) is 3.83. The SMILES string of the molecule is O=C(c1ccc(OC2CC(N3CCCCC3)C2)cc1Cl)N1CC(O)CO1. The molecule has 1 aliphatic carbocycles. The fourth-order valence-corrected chi connectivity index (χ4v) is 4.15. The van der Waals surface area contributed by atoms with E-state index >= 15 is 0 Å². The molecule has 1 saturated carbocycles. The molecule has 2 heterocycles. The second kappa shape index (κ2) is 7.72. The molecule has 3 fully saturated rings. The van der Waals surface area contributed by atoms with Crippen molar-refractivity contribution in [1.82, 2.24) is 9.96 Å². The number of likely N-dealkylation sites (tertiary alicyclic amines) is 1. The van der Waals surface area contributed by atoms with Gasteiger partial charge in [-0.05, 0) is 44.1 Å². The number of hydrogen-bond acceptors (Lipinski definition) is 5. The van der Waals surface area contributed by atoms with E-state index in [4.69, 9.17) is 21.2 Å². The number of nitrogens with zero attached hydrogens (tertiary/aromatic N) is 2. The van der Waals surface area contributed by atoms with Gasteiger partial charge in [0.1, 0.15) is 24.6 Å². The number of ether oxygens (including phenoxy) is 1. The summed E-state index contributed by atoms with van der Waals surface area (Å²) in [5.41, 5.74) is 0.355. The summed E-state index contributed by atoms with van der Waals surface area (Å²) in [6, 6.07) is 5.78. The molecule has 1 aromatic rings. The average molecular weight is 381 g/mol. The molecule has 4 rings (SSSR count). The van der Waals surface area contributed by atoms with Crippen molar-refractivity contribution < 1.29 is 19.5 Å². The lowest BCUT2D eigenvalue weighted by Crippen LogP contribution is -2.50. The number of hydrogen-bond donors (Lipinski definition) is 1. The molecular weight excluding hydrogens is 356 g/mol. The van der Waals surface area contributed by atoms with Gasteiger partial charge in [0.05, 0.1) is 17.1 Å². The number of amides is 1. The Hall–Kier alpha value is -1.34. The maximum atomic E-state index is 12.4. The van der Waals surface area contributed by atoms with E-state index in [1.54, 1.807) is 18.2 Å². The molecule has 3 aliphatic rings. The van der Waals surface area contributed by atoms with Crippen molar-refractivity contribution in [1.29, 1.82) is 0 Å². The minimum absolute atomic E-state index is 0.129. The molecule has 7 heteroatoms. The largest absolute Gasteiger partial charge is 0.490 e. The lowest BCUT2D eigenvalue weighted by atomic mass is 9.86. The normalized spacial score (nSPS) is 29.5. The summed E-state index contributed by atoms with van der Waals surface area (Å²) in [5.74, 6) is 0.350. The van der Waals surface area contributed by atoms with Crippen LogP contribution < -0.4 is 4.74 Å². The highest BCUT2D eigenvalue weighted by molar-refractivity contribution is 6.34. The smallest absolute Gasteiger partial charge is 0.279 e. The van der Waals surface area contributed by atoms with E-state index in [-0.39, 0.29) is 25.2 Å². The standard InChI is InChI=1S/C19H25ClN2O4/c20-18-10-15(4-5-17(18)19(24)22-11-14(23)12-25-22)26-16-8-13(9-16)21-6-2-1-3-7-21/h4-5,10,13-14,16,23H,1-3,6-9,11-12H2. The van der Waals surface area contributed by atoms with E-state index in [0.717, 1.165) is 17.9 Å². The first-order valence-corrected chi connectivity index (χ1v) is 9.81. The Bertz CT molecular complexity index is 659. The highest BCUT2D eigenvalue weighted by Crippen LogP contribution is 2.33. The Balaban J connectivity index is 1.31. The number of carbonyl (C=O) groups excluding carboxylic acids is 1. The monoisotopic (exact) mass is 380 g/mol.